The highest BCUT2D eigenvalue weighted by atomic mass is 79.9. The molecular formula is C11H12BrCl2NO3. The minimum Gasteiger partial charge on any atom is -0.490 e. The minimum atomic E-state index is -0.544. The number of rotatable bonds is 7. The average molecular weight is 357 g/mol. The predicted octanol–water partition coefficient (Wildman–Crippen LogP) is 4.85. The summed E-state index contributed by atoms with van der Waals surface area (Å²) < 4.78 is 5.45. The zero-order valence-corrected chi connectivity index (χ0v) is 12.6. The van der Waals surface area contributed by atoms with Crippen LogP contribution in [0.4, 0.5) is 5.69 Å². The van der Waals surface area contributed by atoms with Gasteiger partial charge in [0, 0.05) is 17.5 Å². The maximum atomic E-state index is 10.6. The Morgan fingerprint density at radius 3 is 2.33 bits per heavy atom. The van der Waals surface area contributed by atoms with Crippen molar-refractivity contribution in [3.05, 3.63) is 32.3 Å². The molecule has 0 bridgehead atoms. The van der Waals surface area contributed by atoms with Crippen molar-refractivity contribution in [3.8, 4) is 5.75 Å². The van der Waals surface area contributed by atoms with Gasteiger partial charge in [0.15, 0.2) is 5.75 Å². The molecule has 0 radical (unpaired) electrons. The Labute approximate surface area is 123 Å². The van der Waals surface area contributed by atoms with Gasteiger partial charge in [-0.05, 0) is 19.3 Å². The summed E-state index contributed by atoms with van der Waals surface area (Å²) in [5.74, 6) is 0.308. The van der Waals surface area contributed by atoms with Gasteiger partial charge < -0.3 is 4.74 Å². The Hall–Kier alpha value is -0.520. The second-order valence-electron chi connectivity index (χ2n) is 3.59. The van der Waals surface area contributed by atoms with Crippen molar-refractivity contribution in [2.45, 2.75) is 19.3 Å². The topological polar surface area (TPSA) is 52.4 Å². The van der Waals surface area contributed by atoms with E-state index in [0.29, 0.717) is 12.4 Å². The van der Waals surface area contributed by atoms with E-state index >= 15 is 0 Å². The molecule has 0 aliphatic heterocycles. The lowest BCUT2D eigenvalue weighted by molar-refractivity contribution is -0.384. The van der Waals surface area contributed by atoms with Crippen LogP contribution in [0.1, 0.15) is 19.3 Å². The van der Waals surface area contributed by atoms with Gasteiger partial charge in [0.05, 0.1) is 21.6 Å². The summed E-state index contributed by atoms with van der Waals surface area (Å²) in [4.78, 5) is 10.0. The van der Waals surface area contributed by atoms with E-state index in [1.165, 1.54) is 12.1 Å². The van der Waals surface area contributed by atoms with Gasteiger partial charge in [0.2, 0.25) is 0 Å². The second-order valence-corrected chi connectivity index (χ2v) is 5.20. The second kappa shape index (κ2) is 7.81. The first kappa shape index (κ1) is 15.5. The summed E-state index contributed by atoms with van der Waals surface area (Å²) in [5.41, 5.74) is -0.142. The fraction of sp³-hybridized carbons (Fsp3) is 0.455. The first-order valence-corrected chi connectivity index (χ1v) is 7.26. The number of nitrogens with zero attached hydrogens (tertiary/aromatic N) is 1. The molecule has 0 N–H and O–H groups in total. The van der Waals surface area contributed by atoms with Crippen LogP contribution in [0.2, 0.25) is 10.0 Å². The van der Waals surface area contributed by atoms with Gasteiger partial charge in [-0.2, -0.15) is 0 Å². The van der Waals surface area contributed by atoms with E-state index in [4.69, 9.17) is 27.9 Å². The molecule has 0 aromatic heterocycles. The highest BCUT2D eigenvalue weighted by molar-refractivity contribution is 9.09. The van der Waals surface area contributed by atoms with E-state index in [-0.39, 0.29) is 15.7 Å². The van der Waals surface area contributed by atoms with Crippen molar-refractivity contribution in [1.82, 2.24) is 0 Å². The maximum Gasteiger partial charge on any atom is 0.272 e. The third-order valence-corrected chi connectivity index (χ3v) is 3.34. The first-order valence-electron chi connectivity index (χ1n) is 5.38. The first-order chi connectivity index (χ1) is 8.56. The Kier molecular flexibility index (Phi) is 6.75. The summed E-state index contributed by atoms with van der Waals surface area (Å²) in [7, 11) is 0. The Morgan fingerprint density at radius 1 is 1.22 bits per heavy atom. The third kappa shape index (κ3) is 4.63. The lowest BCUT2D eigenvalue weighted by Crippen LogP contribution is -1.99. The lowest BCUT2D eigenvalue weighted by Gasteiger charge is -2.09. The summed E-state index contributed by atoms with van der Waals surface area (Å²) in [6, 6.07) is 2.47. The quantitative estimate of drug-likeness (QED) is 0.304. The van der Waals surface area contributed by atoms with Crippen molar-refractivity contribution in [3.63, 3.8) is 0 Å². The SMILES string of the molecule is O=[N+]([O-])c1cc(Cl)c(OCCCCCBr)c(Cl)c1. The Morgan fingerprint density at radius 2 is 1.83 bits per heavy atom. The fourth-order valence-electron chi connectivity index (χ4n) is 1.34. The molecular weight excluding hydrogens is 345 g/mol. The highest BCUT2D eigenvalue weighted by Gasteiger charge is 2.15. The minimum absolute atomic E-state index is 0.142. The molecule has 0 aliphatic carbocycles. The number of halogens is 3. The Balaban J connectivity index is 2.63. The zero-order valence-electron chi connectivity index (χ0n) is 9.50. The van der Waals surface area contributed by atoms with Crippen LogP contribution in [-0.4, -0.2) is 16.9 Å². The number of hydrogen-bond donors (Lipinski definition) is 0. The van der Waals surface area contributed by atoms with Gasteiger partial charge in [-0.3, -0.25) is 10.1 Å². The number of nitro groups is 1. The van der Waals surface area contributed by atoms with Crippen LogP contribution >= 0.6 is 39.1 Å². The van der Waals surface area contributed by atoms with Crippen LogP contribution in [0.25, 0.3) is 0 Å². The van der Waals surface area contributed by atoms with E-state index in [2.05, 4.69) is 15.9 Å². The molecule has 7 heteroatoms. The molecule has 1 aromatic rings. The molecule has 0 spiro atoms. The maximum absolute atomic E-state index is 10.6. The molecule has 0 aliphatic rings. The summed E-state index contributed by atoms with van der Waals surface area (Å²) in [5, 5.41) is 11.9. The van der Waals surface area contributed by atoms with Gasteiger partial charge in [0.1, 0.15) is 0 Å². The molecule has 0 atom stereocenters. The number of hydrogen-bond acceptors (Lipinski definition) is 3. The van der Waals surface area contributed by atoms with Gasteiger partial charge in [-0.25, -0.2) is 0 Å². The molecule has 0 saturated heterocycles. The van der Waals surface area contributed by atoms with Crippen LogP contribution in [0.5, 0.6) is 5.75 Å². The van der Waals surface area contributed by atoms with Crippen LogP contribution in [-0.2, 0) is 0 Å². The van der Waals surface area contributed by atoms with E-state index in [0.717, 1.165) is 24.6 Å². The molecule has 1 aromatic carbocycles. The number of non-ortho nitro benzene ring substituents is 1. The molecule has 4 nitrogen and oxygen atoms in total. The lowest BCUT2D eigenvalue weighted by atomic mass is 10.2. The number of ether oxygens (including phenoxy) is 1. The van der Waals surface area contributed by atoms with Gasteiger partial charge in [-0.1, -0.05) is 39.1 Å². The number of unbranched alkanes of at least 4 members (excludes halogenated alkanes) is 2. The van der Waals surface area contributed by atoms with Gasteiger partial charge in [0.25, 0.3) is 5.69 Å². The van der Waals surface area contributed by atoms with Crippen LogP contribution in [0.15, 0.2) is 12.1 Å². The predicted molar refractivity (Wildman–Crippen MR) is 76.3 cm³/mol. The standard InChI is InChI=1S/C11H12BrCl2NO3/c12-4-2-1-3-5-18-11-9(13)6-8(15(16)17)7-10(11)14/h6-7H,1-5H2. The summed E-state index contributed by atoms with van der Waals surface area (Å²) >= 11 is 15.1. The van der Waals surface area contributed by atoms with Crippen molar-refractivity contribution in [2.75, 3.05) is 11.9 Å². The largest absolute Gasteiger partial charge is 0.490 e. The molecule has 0 heterocycles. The van der Waals surface area contributed by atoms with E-state index in [1.54, 1.807) is 0 Å². The summed E-state index contributed by atoms with van der Waals surface area (Å²) in [6.45, 7) is 0.490. The third-order valence-electron chi connectivity index (χ3n) is 2.22. The molecule has 0 amide bonds. The molecule has 0 unspecified atom stereocenters. The van der Waals surface area contributed by atoms with Gasteiger partial charge in [-0.15, -0.1) is 0 Å². The zero-order chi connectivity index (χ0) is 13.5. The molecule has 0 saturated carbocycles. The van der Waals surface area contributed by atoms with Crippen molar-refractivity contribution < 1.29 is 9.66 Å². The molecule has 1 rings (SSSR count). The monoisotopic (exact) mass is 355 g/mol. The van der Waals surface area contributed by atoms with Crippen LogP contribution < -0.4 is 4.74 Å². The van der Waals surface area contributed by atoms with E-state index in [9.17, 15) is 10.1 Å². The van der Waals surface area contributed by atoms with Crippen molar-refractivity contribution in [1.29, 1.82) is 0 Å². The van der Waals surface area contributed by atoms with Gasteiger partial charge >= 0.3 is 0 Å². The number of benzene rings is 1. The number of nitro benzene ring substituents is 1. The van der Waals surface area contributed by atoms with Crippen LogP contribution in [0, 0.1) is 10.1 Å². The Bertz CT molecular complexity index is 406. The summed E-state index contributed by atoms with van der Waals surface area (Å²) in [6.07, 6.45) is 2.99. The molecule has 100 valence electrons. The van der Waals surface area contributed by atoms with E-state index < -0.39 is 4.92 Å². The number of alkyl halides is 1. The molecule has 0 fully saturated rings. The highest BCUT2D eigenvalue weighted by Crippen LogP contribution is 2.36. The molecule has 18 heavy (non-hydrogen) atoms. The van der Waals surface area contributed by atoms with E-state index in [1.807, 2.05) is 0 Å². The van der Waals surface area contributed by atoms with Crippen LogP contribution in [0.3, 0.4) is 0 Å². The van der Waals surface area contributed by atoms with Crippen molar-refractivity contribution >= 4 is 44.8 Å². The van der Waals surface area contributed by atoms with Crippen molar-refractivity contribution in [2.24, 2.45) is 0 Å². The average Bonchev–Trinajstić information content (AvgIpc) is 2.31. The normalized spacial score (nSPS) is 10.4. The smallest absolute Gasteiger partial charge is 0.272 e. The fourth-order valence-corrected chi connectivity index (χ4v) is 2.32.